The van der Waals surface area contributed by atoms with Gasteiger partial charge in [0.15, 0.2) is 0 Å². The lowest BCUT2D eigenvalue weighted by molar-refractivity contribution is 0.0947. The molecule has 3 nitrogen and oxygen atoms in total. The number of carbonyl (C=O) groups is 1. The first-order valence-corrected chi connectivity index (χ1v) is 6.21. The van der Waals surface area contributed by atoms with Crippen LogP contribution in [0.1, 0.15) is 28.9 Å². The number of aromatic amines is 1. The van der Waals surface area contributed by atoms with E-state index in [4.69, 9.17) is 11.6 Å². The highest BCUT2D eigenvalue weighted by Gasteiger charge is 2.10. The van der Waals surface area contributed by atoms with Crippen LogP contribution in [0.5, 0.6) is 0 Å². The van der Waals surface area contributed by atoms with Crippen LogP contribution < -0.4 is 5.32 Å². The smallest absolute Gasteiger partial charge is 0.267 e. The summed E-state index contributed by atoms with van der Waals surface area (Å²) in [5, 5.41) is 3.42. The third-order valence-corrected chi connectivity index (χ3v) is 3.05. The second kappa shape index (κ2) is 5.74. The molecule has 0 aliphatic carbocycles. The van der Waals surface area contributed by atoms with Crippen LogP contribution in [0.4, 0.5) is 0 Å². The number of halogens is 1. The number of aromatic nitrogens is 1. The van der Waals surface area contributed by atoms with Gasteiger partial charge in [-0.25, -0.2) is 0 Å². The van der Waals surface area contributed by atoms with E-state index in [1.165, 1.54) is 5.56 Å². The number of H-pyrrole nitrogens is 1. The SMILES string of the molecule is CC(CNC(=O)c1cc(Cl)c[nH]1)c1ccccc1. The van der Waals surface area contributed by atoms with Crippen LogP contribution in [0.3, 0.4) is 0 Å². The van der Waals surface area contributed by atoms with Gasteiger partial charge in [-0.2, -0.15) is 0 Å². The molecule has 0 radical (unpaired) electrons. The Morgan fingerprint density at radius 3 is 2.72 bits per heavy atom. The summed E-state index contributed by atoms with van der Waals surface area (Å²) in [6.07, 6.45) is 1.59. The molecule has 1 aromatic heterocycles. The summed E-state index contributed by atoms with van der Waals surface area (Å²) in [4.78, 5) is 14.6. The van der Waals surface area contributed by atoms with Gasteiger partial charge in [-0.1, -0.05) is 48.9 Å². The zero-order chi connectivity index (χ0) is 13.0. The van der Waals surface area contributed by atoms with Crippen molar-refractivity contribution in [2.75, 3.05) is 6.54 Å². The normalized spacial score (nSPS) is 12.1. The first-order chi connectivity index (χ1) is 8.66. The Hall–Kier alpha value is -1.74. The summed E-state index contributed by atoms with van der Waals surface area (Å²) in [7, 11) is 0. The van der Waals surface area contributed by atoms with Crippen molar-refractivity contribution in [3.05, 3.63) is 58.9 Å². The highest BCUT2D eigenvalue weighted by Crippen LogP contribution is 2.14. The lowest BCUT2D eigenvalue weighted by Crippen LogP contribution is -2.27. The van der Waals surface area contributed by atoms with Crippen molar-refractivity contribution >= 4 is 17.5 Å². The number of hydrogen-bond donors (Lipinski definition) is 2. The third kappa shape index (κ3) is 3.14. The van der Waals surface area contributed by atoms with Crippen molar-refractivity contribution in [1.29, 1.82) is 0 Å². The Morgan fingerprint density at radius 1 is 1.39 bits per heavy atom. The Balaban J connectivity index is 1.90. The molecule has 1 aromatic carbocycles. The van der Waals surface area contributed by atoms with Gasteiger partial charge in [0.25, 0.3) is 5.91 Å². The van der Waals surface area contributed by atoms with Gasteiger partial charge in [-0.15, -0.1) is 0 Å². The van der Waals surface area contributed by atoms with Crippen molar-refractivity contribution in [3.8, 4) is 0 Å². The summed E-state index contributed by atoms with van der Waals surface area (Å²) in [5.41, 5.74) is 1.70. The Bertz CT molecular complexity index is 522. The number of rotatable bonds is 4. The van der Waals surface area contributed by atoms with Crippen molar-refractivity contribution in [2.24, 2.45) is 0 Å². The Kier molecular flexibility index (Phi) is 4.05. The van der Waals surface area contributed by atoms with Gasteiger partial charge < -0.3 is 10.3 Å². The number of amides is 1. The topological polar surface area (TPSA) is 44.9 Å². The first kappa shape index (κ1) is 12.7. The molecule has 1 amide bonds. The molecular formula is C14H15ClN2O. The van der Waals surface area contributed by atoms with Gasteiger partial charge in [-0.05, 0) is 17.5 Å². The average molecular weight is 263 g/mol. The summed E-state index contributed by atoms with van der Waals surface area (Å²) in [6, 6.07) is 11.7. The lowest BCUT2D eigenvalue weighted by atomic mass is 10.0. The summed E-state index contributed by atoms with van der Waals surface area (Å²) in [6.45, 7) is 2.68. The average Bonchev–Trinajstić information content (AvgIpc) is 2.83. The molecule has 18 heavy (non-hydrogen) atoms. The molecule has 94 valence electrons. The van der Waals surface area contributed by atoms with E-state index in [0.717, 1.165) is 0 Å². The van der Waals surface area contributed by atoms with Crippen molar-refractivity contribution in [2.45, 2.75) is 12.8 Å². The van der Waals surface area contributed by atoms with Crippen molar-refractivity contribution in [3.63, 3.8) is 0 Å². The maximum atomic E-state index is 11.8. The maximum absolute atomic E-state index is 11.8. The molecule has 1 unspecified atom stereocenters. The second-order valence-electron chi connectivity index (χ2n) is 4.25. The highest BCUT2D eigenvalue weighted by molar-refractivity contribution is 6.30. The second-order valence-corrected chi connectivity index (χ2v) is 4.69. The van der Waals surface area contributed by atoms with Gasteiger partial charge in [0.1, 0.15) is 5.69 Å². The minimum atomic E-state index is -0.135. The predicted octanol–water partition coefficient (Wildman–Crippen LogP) is 3.20. The molecule has 2 rings (SSSR count). The van der Waals surface area contributed by atoms with Crippen LogP contribution in [0.15, 0.2) is 42.6 Å². The largest absolute Gasteiger partial charge is 0.356 e. The van der Waals surface area contributed by atoms with Crippen LogP contribution in [0.2, 0.25) is 5.02 Å². The summed E-state index contributed by atoms with van der Waals surface area (Å²) in [5.74, 6) is 0.144. The van der Waals surface area contributed by atoms with Crippen LogP contribution in [-0.4, -0.2) is 17.4 Å². The molecule has 1 heterocycles. The van der Waals surface area contributed by atoms with Gasteiger partial charge >= 0.3 is 0 Å². The molecule has 0 aliphatic rings. The molecule has 2 N–H and O–H groups in total. The molecule has 0 spiro atoms. The van der Waals surface area contributed by atoms with Crippen LogP contribution in [0.25, 0.3) is 0 Å². The van der Waals surface area contributed by atoms with Gasteiger partial charge in [-0.3, -0.25) is 4.79 Å². The van der Waals surface area contributed by atoms with Crippen molar-refractivity contribution in [1.82, 2.24) is 10.3 Å². The van der Waals surface area contributed by atoms with Gasteiger partial charge in [0.2, 0.25) is 0 Å². The first-order valence-electron chi connectivity index (χ1n) is 5.84. The lowest BCUT2D eigenvalue weighted by Gasteiger charge is -2.12. The predicted molar refractivity (Wildman–Crippen MR) is 73.0 cm³/mol. The maximum Gasteiger partial charge on any atom is 0.267 e. The van der Waals surface area contributed by atoms with E-state index in [-0.39, 0.29) is 11.8 Å². The number of carbonyl (C=O) groups excluding carboxylic acids is 1. The van der Waals surface area contributed by atoms with E-state index in [1.807, 2.05) is 18.2 Å². The van der Waals surface area contributed by atoms with E-state index < -0.39 is 0 Å². The van der Waals surface area contributed by atoms with E-state index in [2.05, 4.69) is 29.4 Å². The Labute approximate surface area is 111 Å². The third-order valence-electron chi connectivity index (χ3n) is 2.83. The van der Waals surface area contributed by atoms with E-state index in [0.29, 0.717) is 17.3 Å². The zero-order valence-corrected chi connectivity index (χ0v) is 10.9. The Morgan fingerprint density at radius 2 is 2.11 bits per heavy atom. The molecule has 4 heteroatoms. The van der Waals surface area contributed by atoms with E-state index >= 15 is 0 Å². The summed E-state index contributed by atoms with van der Waals surface area (Å²) >= 11 is 5.75. The van der Waals surface area contributed by atoms with Crippen molar-refractivity contribution < 1.29 is 4.79 Å². The monoisotopic (exact) mass is 262 g/mol. The number of benzene rings is 1. The van der Waals surface area contributed by atoms with Crippen LogP contribution >= 0.6 is 11.6 Å². The van der Waals surface area contributed by atoms with Crippen LogP contribution in [0, 0.1) is 0 Å². The number of hydrogen-bond acceptors (Lipinski definition) is 1. The quantitative estimate of drug-likeness (QED) is 0.873. The van der Waals surface area contributed by atoms with E-state index in [9.17, 15) is 4.79 Å². The fourth-order valence-corrected chi connectivity index (χ4v) is 1.90. The minimum absolute atomic E-state index is 0.135. The standard InChI is InChI=1S/C14H15ClN2O/c1-10(11-5-3-2-4-6-11)8-17-14(18)13-7-12(15)9-16-13/h2-7,9-10,16H,8H2,1H3,(H,17,18). The molecular weight excluding hydrogens is 248 g/mol. The highest BCUT2D eigenvalue weighted by atomic mass is 35.5. The molecule has 0 aliphatic heterocycles. The fraction of sp³-hybridized carbons (Fsp3) is 0.214. The molecule has 0 fully saturated rings. The van der Waals surface area contributed by atoms with Crippen LogP contribution in [-0.2, 0) is 0 Å². The van der Waals surface area contributed by atoms with E-state index in [1.54, 1.807) is 12.3 Å². The fourth-order valence-electron chi connectivity index (χ4n) is 1.74. The molecule has 0 saturated carbocycles. The zero-order valence-electron chi connectivity index (χ0n) is 10.1. The van der Waals surface area contributed by atoms with Gasteiger partial charge in [0, 0.05) is 12.7 Å². The molecule has 0 bridgehead atoms. The summed E-state index contributed by atoms with van der Waals surface area (Å²) < 4.78 is 0. The molecule has 0 saturated heterocycles. The number of nitrogens with one attached hydrogen (secondary N) is 2. The minimum Gasteiger partial charge on any atom is -0.356 e. The molecule has 1 atom stereocenters. The molecule has 2 aromatic rings. The van der Waals surface area contributed by atoms with Gasteiger partial charge in [0.05, 0.1) is 5.02 Å².